The van der Waals surface area contributed by atoms with E-state index in [9.17, 15) is 9.59 Å². The van der Waals surface area contributed by atoms with E-state index in [1.165, 1.54) is 0 Å². The summed E-state index contributed by atoms with van der Waals surface area (Å²) in [6.07, 6.45) is 4.29. The third kappa shape index (κ3) is 2.56. The van der Waals surface area contributed by atoms with E-state index in [1.807, 2.05) is 0 Å². The van der Waals surface area contributed by atoms with Crippen molar-refractivity contribution in [2.24, 2.45) is 5.92 Å². The Balaban J connectivity index is 1.91. The molecule has 1 atom stereocenters. The van der Waals surface area contributed by atoms with Crippen LogP contribution >= 0.6 is 0 Å². The van der Waals surface area contributed by atoms with E-state index < -0.39 is 0 Å². The lowest BCUT2D eigenvalue weighted by molar-refractivity contribution is -0.126. The summed E-state index contributed by atoms with van der Waals surface area (Å²) in [5, 5.41) is 5.48. The fourth-order valence-electron chi connectivity index (χ4n) is 1.64. The van der Waals surface area contributed by atoms with Crippen molar-refractivity contribution in [3.63, 3.8) is 0 Å². The highest BCUT2D eigenvalue weighted by molar-refractivity contribution is 5.93. The van der Waals surface area contributed by atoms with Gasteiger partial charge in [0.25, 0.3) is 0 Å². The van der Waals surface area contributed by atoms with E-state index in [0.717, 1.165) is 5.69 Å². The predicted molar refractivity (Wildman–Crippen MR) is 58.6 cm³/mol. The molecular formula is C11H13N3O2. The minimum absolute atomic E-state index is 0.0213. The van der Waals surface area contributed by atoms with Crippen molar-refractivity contribution in [1.82, 2.24) is 10.3 Å². The van der Waals surface area contributed by atoms with Gasteiger partial charge in [-0.15, -0.1) is 0 Å². The first kappa shape index (κ1) is 10.6. The van der Waals surface area contributed by atoms with E-state index in [1.54, 1.807) is 24.5 Å². The lowest BCUT2D eigenvalue weighted by Gasteiger charge is -2.21. The molecule has 2 N–H and O–H groups in total. The van der Waals surface area contributed by atoms with Gasteiger partial charge in [0, 0.05) is 31.0 Å². The fraction of sp³-hybridized carbons (Fsp3) is 0.364. The van der Waals surface area contributed by atoms with Crippen LogP contribution in [0.5, 0.6) is 0 Å². The standard InChI is InChI=1S/C11H13N3O2/c15-10-2-1-8(7-13-10)11(16)14-9-3-5-12-6-4-9/h3-6,8H,1-2,7H2,(H,13,15)(H,12,14,16). The number of carbonyl (C=O) groups excluding carboxylic acids is 2. The lowest BCUT2D eigenvalue weighted by Crippen LogP contribution is -2.40. The van der Waals surface area contributed by atoms with Crippen LogP contribution in [0.4, 0.5) is 5.69 Å². The summed E-state index contributed by atoms with van der Waals surface area (Å²) >= 11 is 0. The van der Waals surface area contributed by atoms with E-state index in [-0.39, 0.29) is 17.7 Å². The van der Waals surface area contributed by atoms with Crippen LogP contribution in [0.1, 0.15) is 12.8 Å². The van der Waals surface area contributed by atoms with Crippen LogP contribution in [-0.2, 0) is 9.59 Å². The van der Waals surface area contributed by atoms with E-state index >= 15 is 0 Å². The molecule has 1 aliphatic heterocycles. The van der Waals surface area contributed by atoms with Gasteiger partial charge < -0.3 is 10.6 Å². The van der Waals surface area contributed by atoms with E-state index in [0.29, 0.717) is 19.4 Å². The Kier molecular flexibility index (Phi) is 3.14. The summed E-state index contributed by atoms with van der Waals surface area (Å²) in [7, 11) is 0. The number of aromatic nitrogens is 1. The maximum absolute atomic E-state index is 11.8. The first-order valence-corrected chi connectivity index (χ1v) is 5.23. The van der Waals surface area contributed by atoms with Gasteiger partial charge in [-0.1, -0.05) is 0 Å². The van der Waals surface area contributed by atoms with Crippen molar-refractivity contribution in [2.75, 3.05) is 11.9 Å². The molecule has 1 unspecified atom stereocenters. The van der Waals surface area contributed by atoms with Crippen LogP contribution in [0.25, 0.3) is 0 Å². The fourth-order valence-corrected chi connectivity index (χ4v) is 1.64. The Bertz CT molecular complexity index is 381. The molecule has 0 bridgehead atoms. The maximum atomic E-state index is 11.8. The number of carbonyl (C=O) groups is 2. The molecule has 0 aliphatic carbocycles. The number of anilines is 1. The molecule has 1 fully saturated rings. The molecule has 1 aliphatic rings. The monoisotopic (exact) mass is 219 g/mol. The molecule has 0 aromatic carbocycles. The number of amides is 2. The smallest absolute Gasteiger partial charge is 0.229 e. The van der Waals surface area contributed by atoms with Gasteiger partial charge in [-0.05, 0) is 18.6 Å². The summed E-state index contributed by atoms with van der Waals surface area (Å²) < 4.78 is 0. The molecule has 1 aromatic rings. The quantitative estimate of drug-likeness (QED) is 0.762. The maximum Gasteiger partial charge on any atom is 0.229 e. The molecule has 2 rings (SSSR count). The van der Waals surface area contributed by atoms with Gasteiger partial charge in [-0.3, -0.25) is 14.6 Å². The summed E-state index contributed by atoms with van der Waals surface area (Å²) in [5.41, 5.74) is 0.733. The zero-order valence-corrected chi connectivity index (χ0v) is 8.77. The van der Waals surface area contributed by atoms with Crippen molar-refractivity contribution in [3.05, 3.63) is 24.5 Å². The van der Waals surface area contributed by atoms with Gasteiger partial charge in [0.05, 0.1) is 5.92 Å². The van der Waals surface area contributed by atoms with Crippen molar-refractivity contribution >= 4 is 17.5 Å². The Morgan fingerprint density at radius 2 is 2.19 bits per heavy atom. The molecule has 16 heavy (non-hydrogen) atoms. The largest absolute Gasteiger partial charge is 0.355 e. The van der Waals surface area contributed by atoms with Crippen molar-refractivity contribution < 1.29 is 9.59 Å². The number of hydrogen-bond acceptors (Lipinski definition) is 3. The third-order valence-electron chi connectivity index (χ3n) is 2.58. The Hall–Kier alpha value is -1.91. The van der Waals surface area contributed by atoms with Gasteiger partial charge in [-0.25, -0.2) is 0 Å². The molecule has 84 valence electrons. The second kappa shape index (κ2) is 4.74. The Morgan fingerprint density at radius 3 is 2.81 bits per heavy atom. The minimum Gasteiger partial charge on any atom is -0.355 e. The number of nitrogens with one attached hydrogen (secondary N) is 2. The number of pyridine rings is 1. The first-order valence-electron chi connectivity index (χ1n) is 5.23. The zero-order valence-electron chi connectivity index (χ0n) is 8.77. The third-order valence-corrected chi connectivity index (χ3v) is 2.58. The molecule has 0 spiro atoms. The molecule has 0 saturated carbocycles. The topological polar surface area (TPSA) is 71.1 Å². The SMILES string of the molecule is O=C1CCC(C(=O)Nc2ccncc2)CN1. The Morgan fingerprint density at radius 1 is 1.44 bits per heavy atom. The highest BCUT2D eigenvalue weighted by atomic mass is 16.2. The number of hydrogen-bond donors (Lipinski definition) is 2. The highest BCUT2D eigenvalue weighted by Gasteiger charge is 2.24. The highest BCUT2D eigenvalue weighted by Crippen LogP contribution is 2.13. The second-order valence-electron chi connectivity index (χ2n) is 3.76. The molecular weight excluding hydrogens is 206 g/mol. The molecule has 5 nitrogen and oxygen atoms in total. The van der Waals surface area contributed by atoms with Gasteiger partial charge >= 0.3 is 0 Å². The summed E-state index contributed by atoms with van der Waals surface area (Å²) in [5.74, 6) is -0.162. The van der Waals surface area contributed by atoms with Crippen LogP contribution in [0, 0.1) is 5.92 Å². The van der Waals surface area contributed by atoms with Crippen molar-refractivity contribution in [1.29, 1.82) is 0 Å². The van der Waals surface area contributed by atoms with Crippen molar-refractivity contribution in [2.45, 2.75) is 12.8 Å². The number of piperidine rings is 1. The molecule has 0 radical (unpaired) electrons. The second-order valence-corrected chi connectivity index (χ2v) is 3.76. The predicted octanol–water partition coefficient (Wildman–Crippen LogP) is 0.546. The first-order chi connectivity index (χ1) is 7.75. The minimum atomic E-state index is -0.133. The Labute approximate surface area is 93.3 Å². The van der Waals surface area contributed by atoms with Crippen LogP contribution in [0.3, 0.4) is 0 Å². The van der Waals surface area contributed by atoms with Crippen LogP contribution in [0.2, 0.25) is 0 Å². The lowest BCUT2D eigenvalue weighted by atomic mass is 9.98. The van der Waals surface area contributed by atoms with E-state index in [4.69, 9.17) is 0 Å². The number of rotatable bonds is 2. The van der Waals surface area contributed by atoms with Gasteiger partial charge in [-0.2, -0.15) is 0 Å². The van der Waals surface area contributed by atoms with Gasteiger partial charge in [0.2, 0.25) is 11.8 Å². The molecule has 2 amide bonds. The average molecular weight is 219 g/mol. The molecule has 5 heteroatoms. The van der Waals surface area contributed by atoms with Gasteiger partial charge in [0.15, 0.2) is 0 Å². The molecule has 1 saturated heterocycles. The normalized spacial score (nSPS) is 20.0. The van der Waals surface area contributed by atoms with Crippen LogP contribution in [-0.4, -0.2) is 23.3 Å². The van der Waals surface area contributed by atoms with E-state index in [2.05, 4.69) is 15.6 Å². The summed E-state index contributed by atoms with van der Waals surface area (Å²) in [4.78, 5) is 26.6. The average Bonchev–Trinajstić information content (AvgIpc) is 2.31. The van der Waals surface area contributed by atoms with Gasteiger partial charge in [0.1, 0.15) is 0 Å². The number of nitrogens with zero attached hydrogens (tertiary/aromatic N) is 1. The zero-order chi connectivity index (χ0) is 11.4. The summed E-state index contributed by atoms with van der Waals surface area (Å²) in [6.45, 7) is 0.426. The van der Waals surface area contributed by atoms with Crippen molar-refractivity contribution in [3.8, 4) is 0 Å². The summed E-state index contributed by atoms with van der Waals surface area (Å²) in [6, 6.07) is 3.47. The van der Waals surface area contributed by atoms with Crippen LogP contribution in [0.15, 0.2) is 24.5 Å². The van der Waals surface area contributed by atoms with Crippen LogP contribution < -0.4 is 10.6 Å². The molecule has 2 heterocycles. The molecule has 1 aromatic heterocycles.